The molecular formula is C39H44Cl2N4O5. The lowest BCUT2D eigenvalue weighted by molar-refractivity contribution is 0.173. The number of benzene rings is 3. The van der Waals surface area contributed by atoms with Crippen LogP contribution in [0, 0.1) is 18.3 Å². The minimum Gasteiger partial charge on any atom is -0.492 e. The summed E-state index contributed by atoms with van der Waals surface area (Å²) in [6, 6.07) is 19.3. The number of aliphatic hydroxyl groups is 2. The van der Waals surface area contributed by atoms with Crippen LogP contribution in [0.3, 0.4) is 0 Å². The summed E-state index contributed by atoms with van der Waals surface area (Å²) in [6.07, 6.45) is 4.61. The molecule has 0 unspecified atom stereocenters. The Hall–Kier alpha value is -3.88. The van der Waals surface area contributed by atoms with E-state index in [0.29, 0.717) is 46.0 Å². The quantitative estimate of drug-likeness (QED) is 0.104. The van der Waals surface area contributed by atoms with Gasteiger partial charge in [-0.25, -0.2) is 0 Å². The highest BCUT2D eigenvalue weighted by Gasteiger charge is 2.21. The number of hydrogen-bond donors (Lipinski definition) is 3. The molecule has 0 bridgehead atoms. The number of nitrogens with one attached hydrogen (secondary N) is 1. The maximum Gasteiger partial charge on any atom is 0.142 e. The van der Waals surface area contributed by atoms with Gasteiger partial charge in [-0.05, 0) is 68.5 Å². The zero-order valence-corrected chi connectivity index (χ0v) is 30.2. The summed E-state index contributed by atoms with van der Waals surface area (Å²) < 4.78 is 18.6. The van der Waals surface area contributed by atoms with Crippen LogP contribution in [0.25, 0.3) is 11.1 Å². The van der Waals surface area contributed by atoms with E-state index in [1.807, 2.05) is 57.2 Å². The molecule has 0 amide bonds. The van der Waals surface area contributed by atoms with Gasteiger partial charge in [0.25, 0.3) is 0 Å². The fraction of sp³-hybridized carbons (Fsp3) is 0.385. The maximum atomic E-state index is 9.77. The molecule has 4 aromatic rings. The van der Waals surface area contributed by atoms with Crippen LogP contribution in [0.1, 0.15) is 54.5 Å². The first-order chi connectivity index (χ1) is 24.1. The van der Waals surface area contributed by atoms with Crippen molar-refractivity contribution in [2.45, 2.75) is 65.0 Å². The Morgan fingerprint density at radius 1 is 0.980 bits per heavy atom. The molecule has 1 aliphatic heterocycles. The van der Waals surface area contributed by atoms with Gasteiger partial charge in [0.15, 0.2) is 0 Å². The van der Waals surface area contributed by atoms with E-state index in [-0.39, 0.29) is 25.9 Å². The molecule has 0 saturated carbocycles. The zero-order chi connectivity index (χ0) is 35.7. The lowest BCUT2D eigenvalue weighted by atomic mass is 9.96. The molecule has 11 heteroatoms. The molecule has 1 aromatic heterocycles. The van der Waals surface area contributed by atoms with Gasteiger partial charge in [0.2, 0.25) is 0 Å². The van der Waals surface area contributed by atoms with Gasteiger partial charge >= 0.3 is 0 Å². The number of nitriles is 1. The van der Waals surface area contributed by atoms with Crippen molar-refractivity contribution in [3.63, 3.8) is 0 Å². The molecule has 1 atom stereocenters. The Kier molecular flexibility index (Phi) is 13.0. The van der Waals surface area contributed by atoms with Crippen molar-refractivity contribution in [1.29, 1.82) is 5.26 Å². The molecule has 3 aromatic carbocycles. The highest BCUT2D eigenvalue weighted by atomic mass is 35.5. The van der Waals surface area contributed by atoms with E-state index in [2.05, 4.69) is 21.3 Å². The molecular weight excluding hydrogens is 675 g/mol. The van der Waals surface area contributed by atoms with E-state index in [0.717, 1.165) is 65.9 Å². The molecule has 264 valence electrons. The Morgan fingerprint density at radius 2 is 1.76 bits per heavy atom. The van der Waals surface area contributed by atoms with E-state index >= 15 is 0 Å². The maximum absolute atomic E-state index is 9.77. The lowest BCUT2D eigenvalue weighted by Crippen LogP contribution is -2.42. The molecule has 1 fully saturated rings. The number of aromatic nitrogens is 1. The van der Waals surface area contributed by atoms with Gasteiger partial charge in [-0.2, -0.15) is 5.26 Å². The van der Waals surface area contributed by atoms with Gasteiger partial charge in [0.1, 0.15) is 36.5 Å². The first-order valence-corrected chi connectivity index (χ1v) is 17.5. The number of aliphatic hydroxyl groups excluding tert-OH is 2. The van der Waals surface area contributed by atoms with Crippen molar-refractivity contribution in [1.82, 2.24) is 15.2 Å². The van der Waals surface area contributed by atoms with E-state index in [1.165, 1.54) is 6.20 Å². The van der Waals surface area contributed by atoms with Gasteiger partial charge in [-0.15, -0.1) is 0 Å². The number of ether oxygens (including phenoxy) is 3. The fourth-order valence-electron chi connectivity index (χ4n) is 5.74. The van der Waals surface area contributed by atoms with E-state index in [1.54, 1.807) is 24.4 Å². The normalized spacial score (nSPS) is 14.8. The highest BCUT2D eigenvalue weighted by molar-refractivity contribution is 6.35. The molecule has 0 spiro atoms. The third-order valence-corrected chi connectivity index (χ3v) is 9.48. The van der Waals surface area contributed by atoms with Crippen LogP contribution in [0.2, 0.25) is 10.0 Å². The second-order valence-corrected chi connectivity index (χ2v) is 14.0. The summed E-state index contributed by atoms with van der Waals surface area (Å²) >= 11 is 13.7. The van der Waals surface area contributed by atoms with Crippen LogP contribution in [0.4, 0.5) is 0 Å². The van der Waals surface area contributed by atoms with E-state index in [9.17, 15) is 15.5 Å². The summed E-state index contributed by atoms with van der Waals surface area (Å²) in [5.41, 5.74) is 5.30. The molecule has 1 aliphatic rings. The third kappa shape index (κ3) is 9.88. The van der Waals surface area contributed by atoms with Gasteiger partial charge < -0.3 is 34.6 Å². The van der Waals surface area contributed by atoms with Crippen LogP contribution in [-0.2, 0) is 19.8 Å². The van der Waals surface area contributed by atoms with Crippen molar-refractivity contribution < 1.29 is 24.4 Å². The SMILES string of the molecule is Cc1c(COc2cc(OCc3cncc(C#N)c3)c(CNC(C)(C)CO)cc2Cl)cccc1-c1cccc(OCCCN2CC[C@@H](O)C2)c1Cl. The minimum absolute atomic E-state index is 0.0447. The molecule has 9 nitrogen and oxygen atoms in total. The van der Waals surface area contributed by atoms with Crippen LogP contribution < -0.4 is 19.5 Å². The number of β-amino-alcohol motifs (C(OH)–C–C–N with tert-alkyl or cyclic N) is 1. The number of pyridine rings is 1. The summed E-state index contributed by atoms with van der Waals surface area (Å²) in [7, 11) is 0. The minimum atomic E-state index is -0.514. The van der Waals surface area contributed by atoms with Crippen LogP contribution in [0.15, 0.2) is 67.0 Å². The smallest absolute Gasteiger partial charge is 0.142 e. The predicted molar refractivity (Wildman–Crippen MR) is 196 cm³/mol. The van der Waals surface area contributed by atoms with E-state index < -0.39 is 5.54 Å². The second kappa shape index (κ2) is 17.4. The number of rotatable bonds is 16. The first-order valence-electron chi connectivity index (χ1n) is 16.8. The zero-order valence-electron chi connectivity index (χ0n) is 28.7. The third-order valence-electron chi connectivity index (χ3n) is 8.79. The van der Waals surface area contributed by atoms with Crippen LogP contribution in [0.5, 0.6) is 17.2 Å². The van der Waals surface area contributed by atoms with Gasteiger partial charge in [-0.3, -0.25) is 4.98 Å². The molecule has 2 heterocycles. The lowest BCUT2D eigenvalue weighted by Gasteiger charge is -2.25. The standard InChI is InChI=1S/C39H44Cl2N4O5/c1-26-29(7-4-8-32(26)33-9-5-10-35(38(33)41)48-14-6-12-45-13-11-31(47)22-45)24-50-37-17-36(49-23-28-15-27(18-42)19-43-20-28)30(16-34(37)40)21-44-39(2,3)25-46/h4-5,7-10,15-17,19-20,31,44,46-47H,6,11-14,21-25H2,1-3H3/t31-/m1/s1. The number of likely N-dealkylation sites (tertiary alicyclic amines) is 1. The molecule has 50 heavy (non-hydrogen) atoms. The predicted octanol–water partition coefficient (Wildman–Crippen LogP) is 7.09. The molecule has 0 aliphatic carbocycles. The van der Waals surface area contributed by atoms with Gasteiger partial charge in [0.05, 0.1) is 34.9 Å². The van der Waals surface area contributed by atoms with Gasteiger partial charge in [0, 0.05) is 66.9 Å². The van der Waals surface area contributed by atoms with Crippen LogP contribution >= 0.6 is 23.2 Å². The topological polar surface area (TPSA) is 120 Å². The van der Waals surface area contributed by atoms with Crippen molar-refractivity contribution in [2.75, 3.05) is 32.8 Å². The molecule has 1 saturated heterocycles. The largest absolute Gasteiger partial charge is 0.492 e. The Balaban J connectivity index is 1.30. The summed E-state index contributed by atoms with van der Waals surface area (Å²) in [6.45, 7) is 9.69. The van der Waals surface area contributed by atoms with E-state index in [4.69, 9.17) is 37.4 Å². The molecule has 0 radical (unpaired) electrons. The Labute approximate surface area is 304 Å². The summed E-state index contributed by atoms with van der Waals surface area (Å²) in [4.78, 5) is 6.39. The Morgan fingerprint density at radius 3 is 2.52 bits per heavy atom. The first kappa shape index (κ1) is 37.4. The molecule has 5 rings (SSSR count). The average Bonchev–Trinajstić information content (AvgIpc) is 3.54. The second-order valence-electron chi connectivity index (χ2n) is 13.2. The Bertz CT molecular complexity index is 1810. The fourth-order valence-corrected chi connectivity index (χ4v) is 6.26. The van der Waals surface area contributed by atoms with Gasteiger partial charge in [-0.1, -0.05) is 53.5 Å². The summed E-state index contributed by atoms with van der Waals surface area (Å²) in [5.74, 6) is 1.65. The van der Waals surface area contributed by atoms with Crippen molar-refractivity contribution >= 4 is 23.2 Å². The number of nitrogens with zero attached hydrogens (tertiary/aromatic N) is 3. The van der Waals surface area contributed by atoms with Crippen molar-refractivity contribution in [2.24, 2.45) is 0 Å². The molecule has 3 N–H and O–H groups in total. The van der Waals surface area contributed by atoms with Crippen molar-refractivity contribution in [3.8, 4) is 34.4 Å². The number of halogens is 2. The van der Waals surface area contributed by atoms with Crippen LogP contribution in [-0.4, -0.2) is 64.6 Å². The average molecular weight is 720 g/mol. The summed E-state index contributed by atoms with van der Waals surface area (Å²) in [5, 5.41) is 33.1. The number of hydrogen-bond acceptors (Lipinski definition) is 9. The highest BCUT2D eigenvalue weighted by Crippen LogP contribution is 2.39. The monoisotopic (exact) mass is 718 g/mol. The van der Waals surface area contributed by atoms with Crippen molar-refractivity contribution in [3.05, 3.63) is 105 Å².